The second-order valence-electron chi connectivity index (χ2n) is 4.41. The monoisotopic (exact) mass is 293 g/mol. The van der Waals surface area contributed by atoms with Crippen LogP contribution in [-0.2, 0) is 0 Å². The number of nitrogens with two attached hydrogens (primary N) is 1. The molecule has 0 bridgehead atoms. The first kappa shape index (κ1) is 12.8. The minimum Gasteiger partial charge on any atom is -0.364 e. The summed E-state index contributed by atoms with van der Waals surface area (Å²) in [4.78, 5) is 25.5. The summed E-state index contributed by atoms with van der Waals surface area (Å²) in [6.07, 6.45) is 3.76. The van der Waals surface area contributed by atoms with Crippen LogP contribution in [0.3, 0.4) is 0 Å². The zero-order valence-electron chi connectivity index (χ0n) is 10.5. The molecule has 0 aromatic carbocycles. The Morgan fingerprint density at radius 3 is 2.55 bits per heavy atom. The van der Waals surface area contributed by atoms with Gasteiger partial charge in [-0.25, -0.2) is 4.68 Å². The van der Waals surface area contributed by atoms with E-state index < -0.39 is 5.91 Å². The molecule has 0 radical (unpaired) electrons. The Hall–Kier alpha value is -2.22. The Labute approximate surface area is 119 Å². The summed E-state index contributed by atoms with van der Waals surface area (Å²) in [6, 6.07) is 1.50. The standard InChI is InChI=1S/C11H12ClN7O/c12-9-14-10(18-4-1-2-5-18)16-11(15-9)19-6-3-7(17-19)8(13)20/h3,6H,1-2,4-5H2,(H2,13,20). The Balaban J connectivity index is 1.97. The van der Waals surface area contributed by atoms with Crippen molar-refractivity contribution < 1.29 is 4.79 Å². The Bertz CT molecular complexity index is 650. The predicted octanol–water partition coefficient (Wildman–Crippen LogP) is 0.410. The third-order valence-corrected chi connectivity index (χ3v) is 3.19. The van der Waals surface area contributed by atoms with E-state index in [0.717, 1.165) is 25.9 Å². The van der Waals surface area contributed by atoms with E-state index in [1.165, 1.54) is 10.7 Å². The molecule has 1 fully saturated rings. The molecule has 2 aromatic heterocycles. The van der Waals surface area contributed by atoms with Gasteiger partial charge in [0.15, 0.2) is 0 Å². The topological polar surface area (TPSA) is 103 Å². The van der Waals surface area contributed by atoms with Crippen molar-refractivity contribution >= 4 is 23.5 Å². The van der Waals surface area contributed by atoms with Crippen LogP contribution in [0.15, 0.2) is 12.3 Å². The summed E-state index contributed by atoms with van der Waals surface area (Å²) >= 11 is 5.93. The molecule has 0 unspecified atom stereocenters. The fourth-order valence-corrected chi connectivity index (χ4v) is 2.21. The van der Waals surface area contributed by atoms with Crippen LogP contribution >= 0.6 is 11.6 Å². The highest BCUT2D eigenvalue weighted by molar-refractivity contribution is 6.28. The van der Waals surface area contributed by atoms with Crippen LogP contribution in [0.25, 0.3) is 5.95 Å². The van der Waals surface area contributed by atoms with Gasteiger partial charge in [0.1, 0.15) is 5.69 Å². The van der Waals surface area contributed by atoms with Crippen molar-refractivity contribution in [1.82, 2.24) is 24.7 Å². The number of anilines is 1. The van der Waals surface area contributed by atoms with Crippen LogP contribution in [0.2, 0.25) is 5.28 Å². The fraction of sp³-hybridized carbons (Fsp3) is 0.364. The number of amides is 1. The van der Waals surface area contributed by atoms with Crippen molar-refractivity contribution in [3.63, 3.8) is 0 Å². The number of aromatic nitrogens is 5. The molecule has 1 aliphatic heterocycles. The first-order valence-corrected chi connectivity index (χ1v) is 6.53. The fourth-order valence-electron chi connectivity index (χ4n) is 2.06. The number of carbonyl (C=O) groups excluding carboxylic acids is 1. The molecule has 20 heavy (non-hydrogen) atoms. The molecular weight excluding hydrogens is 282 g/mol. The number of nitrogens with zero attached hydrogens (tertiary/aromatic N) is 6. The number of carbonyl (C=O) groups is 1. The summed E-state index contributed by atoms with van der Waals surface area (Å²) in [5, 5.41) is 4.09. The lowest BCUT2D eigenvalue weighted by Crippen LogP contribution is -2.22. The highest BCUT2D eigenvalue weighted by Crippen LogP contribution is 2.18. The maximum atomic E-state index is 11.0. The number of halogens is 1. The number of hydrogen-bond acceptors (Lipinski definition) is 6. The van der Waals surface area contributed by atoms with E-state index >= 15 is 0 Å². The predicted molar refractivity (Wildman–Crippen MR) is 71.9 cm³/mol. The van der Waals surface area contributed by atoms with Gasteiger partial charge >= 0.3 is 0 Å². The summed E-state index contributed by atoms with van der Waals surface area (Å²) in [7, 11) is 0. The van der Waals surface area contributed by atoms with Crippen LogP contribution in [0, 0.1) is 0 Å². The van der Waals surface area contributed by atoms with Crippen molar-refractivity contribution in [2.75, 3.05) is 18.0 Å². The first-order valence-electron chi connectivity index (χ1n) is 6.16. The van der Waals surface area contributed by atoms with Crippen molar-refractivity contribution in [3.8, 4) is 5.95 Å². The second kappa shape index (κ2) is 5.04. The maximum Gasteiger partial charge on any atom is 0.269 e. The molecule has 1 saturated heterocycles. The van der Waals surface area contributed by atoms with E-state index in [9.17, 15) is 4.79 Å². The van der Waals surface area contributed by atoms with E-state index in [0.29, 0.717) is 5.95 Å². The molecule has 0 saturated carbocycles. The average Bonchev–Trinajstić information content (AvgIpc) is 3.10. The van der Waals surface area contributed by atoms with Gasteiger partial charge in [0.2, 0.25) is 11.2 Å². The molecular formula is C11H12ClN7O. The molecule has 0 atom stereocenters. The van der Waals surface area contributed by atoms with Crippen LogP contribution in [-0.4, -0.2) is 43.7 Å². The maximum absolute atomic E-state index is 11.0. The van der Waals surface area contributed by atoms with Gasteiger partial charge in [-0.05, 0) is 30.5 Å². The van der Waals surface area contributed by atoms with Crippen molar-refractivity contribution in [3.05, 3.63) is 23.2 Å². The molecule has 1 amide bonds. The van der Waals surface area contributed by atoms with Crippen LogP contribution in [0.1, 0.15) is 23.3 Å². The SMILES string of the molecule is NC(=O)c1ccn(-c2nc(Cl)nc(N3CCCC3)n2)n1. The van der Waals surface area contributed by atoms with Gasteiger partial charge in [-0.3, -0.25) is 4.79 Å². The molecule has 0 spiro atoms. The molecule has 8 nitrogen and oxygen atoms in total. The number of primary amides is 1. The van der Waals surface area contributed by atoms with Gasteiger partial charge in [0.25, 0.3) is 11.9 Å². The van der Waals surface area contributed by atoms with Crippen LogP contribution in [0.5, 0.6) is 0 Å². The highest BCUT2D eigenvalue weighted by atomic mass is 35.5. The summed E-state index contributed by atoms with van der Waals surface area (Å²) < 4.78 is 1.35. The quantitative estimate of drug-likeness (QED) is 0.879. The van der Waals surface area contributed by atoms with Gasteiger partial charge < -0.3 is 10.6 Å². The summed E-state index contributed by atoms with van der Waals surface area (Å²) in [6.45, 7) is 1.79. The normalized spacial score (nSPS) is 14.8. The molecule has 2 N–H and O–H groups in total. The molecule has 0 aliphatic carbocycles. The molecule has 1 aliphatic rings. The summed E-state index contributed by atoms with van der Waals surface area (Å²) in [5.41, 5.74) is 5.31. The molecule has 3 rings (SSSR count). The van der Waals surface area contributed by atoms with E-state index in [4.69, 9.17) is 17.3 Å². The van der Waals surface area contributed by atoms with Gasteiger partial charge in [-0.15, -0.1) is 0 Å². The third-order valence-electron chi connectivity index (χ3n) is 3.02. The van der Waals surface area contributed by atoms with Crippen molar-refractivity contribution in [2.24, 2.45) is 5.73 Å². The zero-order chi connectivity index (χ0) is 14.1. The van der Waals surface area contributed by atoms with Gasteiger partial charge in [-0.2, -0.15) is 20.1 Å². The van der Waals surface area contributed by atoms with Gasteiger partial charge in [0.05, 0.1) is 0 Å². The lowest BCUT2D eigenvalue weighted by Gasteiger charge is -2.15. The Kier molecular flexibility index (Phi) is 3.23. The summed E-state index contributed by atoms with van der Waals surface area (Å²) in [5.74, 6) is 0.177. The van der Waals surface area contributed by atoms with Crippen molar-refractivity contribution in [1.29, 1.82) is 0 Å². The third kappa shape index (κ3) is 2.42. The van der Waals surface area contributed by atoms with Crippen molar-refractivity contribution in [2.45, 2.75) is 12.8 Å². The molecule has 2 aromatic rings. The number of rotatable bonds is 3. The van der Waals surface area contributed by atoms with Gasteiger partial charge in [0, 0.05) is 19.3 Å². The minimum atomic E-state index is -0.608. The van der Waals surface area contributed by atoms with E-state index in [-0.39, 0.29) is 16.9 Å². The van der Waals surface area contributed by atoms with E-state index in [1.54, 1.807) is 6.20 Å². The Morgan fingerprint density at radius 2 is 1.90 bits per heavy atom. The lowest BCUT2D eigenvalue weighted by atomic mass is 10.4. The smallest absolute Gasteiger partial charge is 0.269 e. The van der Waals surface area contributed by atoms with E-state index in [2.05, 4.69) is 20.1 Å². The lowest BCUT2D eigenvalue weighted by molar-refractivity contribution is 0.0995. The minimum absolute atomic E-state index is 0.0908. The van der Waals surface area contributed by atoms with Crippen LogP contribution in [0.4, 0.5) is 5.95 Å². The van der Waals surface area contributed by atoms with E-state index in [1.807, 2.05) is 4.90 Å². The molecule has 9 heteroatoms. The number of hydrogen-bond donors (Lipinski definition) is 1. The Morgan fingerprint density at radius 1 is 1.20 bits per heavy atom. The first-order chi connectivity index (χ1) is 9.63. The second-order valence-corrected chi connectivity index (χ2v) is 4.75. The zero-order valence-corrected chi connectivity index (χ0v) is 11.3. The van der Waals surface area contributed by atoms with Crippen LogP contribution < -0.4 is 10.6 Å². The van der Waals surface area contributed by atoms with Gasteiger partial charge in [-0.1, -0.05) is 0 Å². The largest absolute Gasteiger partial charge is 0.364 e. The average molecular weight is 294 g/mol. The highest BCUT2D eigenvalue weighted by Gasteiger charge is 2.18. The molecule has 3 heterocycles. The molecule has 104 valence electrons.